The molecule has 1 heterocycles. The first-order valence-electron chi connectivity index (χ1n) is 12.5. The third-order valence-electron chi connectivity index (χ3n) is 5.88. The fourth-order valence-corrected chi connectivity index (χ4v) is 3.88. The molecule has 2 rings (SSSR count). The van der Waals surface area contributed by atoms with Gasteiger partial charge in [0.15, 0.2) is 11.6 Å². The molecule has 6 nitrogen and oxygen atoms in total. The first-order chi connectivity index (χ1) is 16.3. The van der Waals surface area contributed by atoms with Crippen molar-refractivity contribution in [3.8, 4) is 5.75 Å². The van der Waals surface area contributed by atoms with Gasteiger partial charge < -0.3 is 14.4 Å². The van der Waals surface area contributed by atoms with Crippen molar-refractivity contribution < 1.29 is 24.2 Å². The highest BCUT2D eigenvalue weighted by atomic mass is 16.5. The summed E-state index contributed by atoms with van der Waals surface area (Å²) in [5, 5.41) is 9.01. The second-order valence-corrected chi connectivity index (χ2v) is 9.25. The summed E-state index contributed by atoms with van der Waals surface area (Å²) in [5.41, 5.74) is 2.44. The van der Waals surface area contributed by atoms with Gasteiger partial charge in [-0.25, -0.2) is 0 Å². The third kappa shape index (κ3) is 9.54. The van der Waals surface area contributed by atoms with Crippen LogP contribution in [0.1, 0.15) is 87.3 Å². The summed E-state index contributed by atoms with van der Waals surface area (Å²) < 4.78 is 7.35. The van der Waals surface area contributed by atoms with Crippen LogP contribution in [0.3, 0.4) is 0 Å². The molecule has 2 aromatic rings. The maximum absolute atomic E-state index is 12.6. The van der Waals surface area contributed by atoms with Crippen LogP contribution in [0.2, 0.25) is 0 Å². The zero-order chi connectivity index (χ0) is 24.9. The molecule has 0 bridgehead atoms. The summed E-state index contributed by atoms with van der Waals surface area (Å²) in [6.07, 6.45) is 10.5. The highest BCUT2D eigenvalue weighted by Crippen LogP contribution is 2.17. The van der Waals surface area contributed by atoms with Crippen molar-refractivity contribution >= 4 is 17.5 Å². The molecule has 0 saturated carbocycles. The number of aliphatic carboxylic acids is 1. The predicted molar refractivity (Wildman–Crippen MR) is 134 cm³/mol. The van der Waals surface area contributed by atoms with Crippen molar-refractivity contribution in [1.29, 1.82) is 0 Å². The van der Waals surface area contributed by atoms with Crippen LogP contribution in [-0.4, -0.2) is 33.8 Å². The summed E-state index contributed by atoms with van der Waals surface area (Å²) in [4.78, 5) is 35.9. The van der Waals surface area contributed by atoms with E-state index in [2.05, 4.69) is 6.92 Å². The molecule has 0 aliphatic rings. The van der Waals surface area contributed by atoms with Gasteiger partial charge in [0.25, 0.3) is 0 Å². The van der Waals surface area contributed by atoms with E-state index in [0.29, 0.717) is 17.0 Å². The number of carboxylic acid groups (broad SMARTS) is 1. The quantitative estimate of drug-likeness (QED) is 0.230. The number of carboxylic acids is 1. The van der Waals surface area contributed by atoms with Crippen LogP contribution in [0, 0.1) is 5.92 Å². The standard InChI is InChI=1S/C28H39NO5/c1-4-5-6-7-8-9-10-22-11-14-26(15-12-22)34-20-25(30)19-29-18-23(28(33)21(2)3)17-24(29)13-16-27(31)32/h11-12,14-15,17-18,21H,4-10,13,16,19-20H2,1-3H3,(H,31,32). The van der Waals surface area contributed by atoms with E-state index in [4.69, 9.17) is 9.84 Å². The monoisotopic (exact) mass is 469 g/mol. The van der Waals surface area contributed by atoms with Crippen molar-refractivity contribution in [3.05, 3.63) is 53.3 Å². The Hall–Kier alpha value is -2.89. The Morgan fingerprint density at radius 3 is 2.29 bits per heavy atom. The number of rotatable bonds is 17. The molecular formula is C28H39NO5. The van der Waals surface area contributed by atoms with Crippen LogP contribution in [-0.2, 0) is 29.0 Å². The fraction of sp³-hybridized carbons (Fsp3) is 0.536. The summed E-state index contributed by atoms with van der Waals surface area (Å²) in [7, 11) is 0. The van der Waals surface area contributed by atoms with Crippen molar-refractivity contribution in [2.24, 2.45) is 5.92 Å². The smallest absolute Gasteiger partial charge is 0.303 e. The topological polar surface area (TPSA) is 85.6 Å². The minimum Gasteiger partial charge on any atom is -0.486 e. The molecule has 0 fully saturated rings. The van der Waals surface area contributed by atoms with Gasteiger partial charge in [0, 0.05) is 23.4 Å². The lowest BCUT2D eigenvalue weighted by Gasteiger charge is -2.10. The first kappa shape index (κ1) is 27.4. The van der Waals surface area contributed by atoms with E-state index in [-0.39, 0.29) is 43.5 Å². The summed E-state index contributed by atoms with van der Waals surface area (Å²) in [5.74, 6) is -0.619. The summed E-state index contributed by atoms with van der Waals surface area (Å²) >= 11 is 0. The Morgan fingerprint density at radius 1 is 0.971 bits per heavy atom. The average molecular weight is 470 g/mol. The molecule has 34 heavy (non-hydrogen) atoms. The van der Waals surface area contributed by atoms with Gasteiger partial charge in [0.2, 0.25) is 0 Å². The van der Waals surface area contributed by atoms with Gasteiger partial charge in [-0.05, 0) is 43.0 Å². The van der Waals surface area contributed by atoms with Crippen molar-refractivity contribution in [1.82, 2.24) is 4.57 Å². The van der Waals surface area contributed by atoms with Crippen molar-refractivity contribution in [2.75, 3.05) is 6.61 Å². The van der Waals surface area contributed by atoms with Crippen LogP contribution in [0.25, 0.3) is 0 Å². The van der Waals surface area contributed by atoms with Gasteiger partial charge in [-0.15, -0.1) is 0 Å². The van der Waals surface area contributed by atoms with Crippen LogP contribution in [0.15, 0.2) is 36.5 Å². The summed E-state index contributed by atoms with van der Waals surface area (Å²) in [6.45, 7) is 5.81. The van der Waals surface area contributed by atoms with Gasteiger partial charge in [-0.3, -0.25) is 14.4 Å². The van der Waals surface area contributed by atoms with Crippen molar-refractivity contribution in [3.63, 3.8) is 0 Å². The molecule has 0 saturated heterocycles. The first-order valence-corrected chi connectivity index (χ1v) is 12.5. The molecule has 0 aliphatic heterocycles. The second-order valence-electron chi connectivity index (χ2n) is 9.25. The molecule has 0 unspecified atom stereocenters. The number of ketones is 2. The number of ether oxygens (including phenoxy) is 1. The Labute approximate surface area is 203 Å². The lowest BCUT2D eigenvalue weighted by atomic mass is 10.0. The van der Waals surface area contributed by atoms with E-state index in [1.807, 2.05) is 38.1 Å². The molecule has 1 N–H and O–H groups in total. The highest BCUT2D eigenvalue weighted by Gasteiger charge is 2.17. The largest absolute Gasteiger partial charge is 0.486 e. The van der Waals surface area contributed by atoms with Crippen LogP contribution in [0.4, 0.5) is 0 Å². The number of nitrogens with zero attached hydrogens (tertiary/aromatic N) is 1. The molecule has 0 spiro atoms. The normalized spacial score (nSPS) is 11.1. The van der Waals surface area contributed by atoms with Crippen LogP contribution >= 0.6 is 0 Å². The lowest BCUT2D eigenvalue weighted by Crippen LogP contribution is -2.19. The molecule has 1 aromatic heterocycles. The maximum Gasteiger partial charge on any atom is 0.303 e. The zero-order valence-electron chi connectivity index (χ0n) is 20.8. The molecule has 186 valence electrons. The van der Waals surface area contributed by atoms with Crippen molar-refractivity contribution in [2.45, 2.75) is 85.1 Å². The fourth-order valence-electron chi connectivity index (χ4n) is 3.88. The number of aromatic nitrogens is 1. The molecular weight excluding hydrogens is 430 g/mol. The molecule has 0 radical (unpaired) electrons. The summed E-state index contributed by atoms with van der Waals surface area (Å²) in [6, 6.07) is 9.58. The SMILES string of the molecule is CCCCCCCCc1ccc(OCC(=O)Cn2cc(C(=O)C(C)C)cc2CCC(=O)O)cc1. The molecule has 1 aromatic carbocycles. The number of hydrogen-bond donors (Lipinski definition) is 1. The molecule has 6 heteroatoms. The Bertz CT molecular complexity index is 927. The second kappa shape index (κ2) is 14.4. The van der Waals surface area contributed by atoms with Gasteiger partial charge in [-0.2, -0.15) is 0 Å². The average Bonchev–Trinajstić information content (AvgIpc) is 3.21. The Morgan fingerprint density at radius 2 is 1.65 bits per heavy atom. The number of carbonyl (C=O) groups excluding carboxylic acids is 2. The third-order valence-corrected chi connectivity index (χ3v) is 5.88. The predicted octanol–water partition coefficient (Wildman–Crippen LogP) is 5.90. The van der Waals surface area contributed by atoms with Gasteiger partial charge >= 0.3 is 5.97 Å². The van der Waals surface area contributed by atoms with Crippen LogP contribution < -0.4 is 4.74 Å². The Kier molecular flexibility index (Phi) is 11.6. The van der Waals surface area contributed by atoms with Gasteiger partial charge in [0.1, 0.15) is 12.4 Å². The number of Topliss-reactive ketones (excluding diaryl/α,β-unsaturated/α-hetero) is 2. The Balaban J connectivity index is 1.86. The number of benzene rings is 1. The number of carbonyl (C=O) groups is 3. The van der Waals surface area contributed by atoms with E-state index in [1.54, 1.807) is 16.8 Å². The minimum atomic E-state index is -0.918. The molecule has 0 aliphatic carbocycles. The zero-order valence-corrected chi connectivity index (χ0v) is 20.8. The molecule has 0 amide bonds. The minimum absolute atomic E-state index is 0.0277. The van der Waals surface area contributed by atoms with Gasteiger partial charge in [0.05, 0.1) is 13.0 Å². The maximum atomic E-state index is 12.6. The number of hydrogen-bond acceptors (Lipinski definition) is 4. The van der Waals surface area contributed by atoms with Crippen LogP contribution in [0.5, 0.6) is 5.75 Å². The van der Waals surface area contributed by atoms with E-state index in [0.717, 1.165) is 6.42 Å². The number of unbranched alkanes of at least 4 members (excludes halogenated alkanes) is 5. The highest BCUT2D eigenvalue weighted by molar-refractivity contribution is 5.97. The van der Waals surface area contributed by atoms with E-state index in [1.165, 1.54) is 44.1 Å². The van der Waals surface area contributed by atoms with E-state index >= 15 is 0 Å². The van der Waals surface area contributed by atoms with E-state index < -0.39 is 5.97 Å². The molecule has 0 atom stereocenters. The number of aryl methyl sites for hydroxylation is 2. The van der Waals surface area contributed by atoms with Gasteiger partial charge in [-0.1, -0.05) is 65.0 Å². The lowest BCUT2D eigenvalue weighted by molar-refractivity contribution is -0.137. The van der Waals surface area contributed by atoms with E-state index in [9.17, 15) is 14.4 Å².